The highest BCUT2D eigenvalue weighted by Gasteiger charge is 2.54. The Morgan fingerprint density at radius 1 is 0.962 bits per heavy atom. The largest absolute Gasteiger partial charge is 0.339 e. The number of amides is 1. The molecule has 1 heterocycles. The van der Waals surface area contributed by atoms with Gasteiger partial charge in [0.2, 0.25) is 5.91 Å². The summed E-state index contributed by atoms with van der Waals surface area (Å²) in [6.07, 6.45) is 9.01. The molecular formula is C24H33NO. The molecule has 0 spiro atoms. The maximum atomic E-state index is 13.6. The van der Waals surface area contributed by atoms with Crippen molar-refractivity contribution in [2.75, 3.05) is 6.54 Å². The number of likely N-dealkylation sites (tertiary alicyclic amines) is 1. The first kappa shape index (κ1) is 16.8. The molecule has 2 nitrogen and oxygen atoms in total. The monoisotopic (exact) mass is 351 g/mol. The van der Waals surface area contributed by atoms with E-state index in [-0.39, 0.29) is 5.41 Å². The quantitative estimate of drug-likeness (QED) is 0.758. The molecule has 1 aromatic rings. The summed E-state index contributed by atoms with van der Waals surface area (Å²) in [5, 5.41) is 0. The molecule has 1 amide bonds. The van der Waals surface area contributed by atoms with E-state index in [2.05, 4.69) is 43.9 Å². The molecule has 1 atom stereocenters. The maximum absolute atomic E-state index is 13.6. The van der Waals surface area contributed by atoms with Crippen LogP contribution in [-0.4, -0.2) is 23.4 Å². The van der Waals surface area contributed by atoms with Gasteiger partial charge in [0.25, 0.3) is 0 Å². The van der Waals surface area contributed by atoms with Gasteiger partial charge >= 0.3 is 0 Å². The van der Waals surface area contributed by atoms with E-state index in [1.54, 1.807) is 0 Å². The van der Waals surface area contributed by atoms with Gasteiger partial charge in [0.1, 0.15) is 0 Å². The molecule has 4 saturated carbocycles. The molecule has 140 valence electrons. The van der Waals surface area contributed by atoms with E-state index in [4.69, 9.17) is 0 Å². The predicted molar refractivity (Wildman–Crippen MR) is 105 cm³/mol. The summed E-state index contributed by atoms with van der Waals surface area (Å²) in [5.41, 5.74) is 3.76. The fraction of sp³-hybridized carbons (Fsp3) is 0.708. The van der Waals surface area contributed by atoms with Crippen LogP contribution in [0.2, 0.25) is 0 Å². The van der Waals surface area contributed by atoms with Gasteiger partial charge in [0.05, 0.1) is 5.41 Å². The van der Waals surface area contributed by atoms with Crippen LogP contribution in [0.25, 0.3) is 0 Å². The van der Waals surface area contributed by atoms with Crippen molar-refractivity contribution in [3.05, 3.63) is 34.9 Å². The minimum atomic E-state index is -0.200. The molecular weight excluding hydrogens is 318 g/mol. The van der Waals surface area contributed by atoms with Crippen LogP contribution in [0.3, 0.4) is 0 Å². The van der Waals surface area contributed by atoms with Crippen molar-refractivity contribution in [1.82, 2.24) is 4.90 Å². The molecule has 1 aromatic carbocycles. The van der Waals surface area contributed by atoms with Gasteiger partial charge in [-0.2, -0.15) is 0 Å². The third-order valence-corrected chi connectivity index (χ3v) is 8.09. The molecule has 1 aliphatic heterocycles. The first-order valence-electron chi connectivity index (χ1n) is 10.8. The Bertz CT molecular complexity index is 689. The minimum Gasteiger partial charge on any atom is -0.339 e. The average molecular weight is 352 g/mol. The number of hydrogen-bond acceptors (Lipinski definition) is 1. The highest BCUT2D eigenvalue weighted by Crippen LogP contribution is 2.56. The summed E-state index contributed by atoms with van der Waals surface area (Å²) >= 11 is 0. The molecule has 0 aromatic heterocycles. The number of benzene rings is 1. The average Bonchev–Trinajstić information content (AvgIpc) is 2.81. The number of aryl methyl sites for hydroxylation is 2. The van der Waals surface area contributed by atoms with Gasteiger partial charge in [-0.15, -0.1) is 0 Å². The van der Waals surface area contributed by atoms with Crippen molar-refractivity contribution in [3.8, 4) is 0 Å². The fourth-order valence-electron chi connectivity index (χ4n) is 7.40. The van der Waals surface area contributed by atoms with E-state index >= 15 is 0 Å². The molecule has 6 rings (SSSR count). The van der Waals surface area contributed by atoms with Crippen molar-refractivity contribution >= 4 is 5.91 Å². The smallest absolute Gasteiger partial charge is 0.229 e. The van der Waals surface area contributed by atoms with Crippen molar-refractivity contribution < 1.29 is 4.79 Å². The van der Waals surface area contributed by atoms with Crippen molar-refractivity contribution in [2.24, 2.45) is 29.1 Å². The van der Waals surface area contributed by atoms with Gasteiger partial charge in [-0.3, -0.25) is 4.79 Å². The Kier molecular flexibility index (Phi) is 3.78. The Balaban J connectivity index is 1.36. The molecule has 0 N–H and O–H groups in total. The van der Waals surface area contributed by atoms with Crippen molar-refractivity contribution in [2.45, 2.75) is 71.8 Å². The SMILES string of the molecule is Cc1cc(C)cc(CC2(C)CCN(C3C4CC5CC(C4)CC3C5)C2=O)c1. The van der Waals surface area contributed by atoms with Crippen LogP contribution in [0.5, 0.6) is 0 Å². The van der Waals surface area contributed by atoms with Crippen LogP contribution in [-0.2, 0) is 11.2 Å². The molecule has 1 unspecified atom stereocenters. The normalized spacial score (nSPS) is 41.3. The van der Waals surface area contributed by atoms with Gasteiger partial charge < -0.3 is 4.90 Å². The highest BCUT2D eigenvalue weighted by atomic mass is 16.2. The van der Waals surface area contributed by atoms with Crippen LogP contribution in [0.4, 0.5) is 0 Å². The second kappa shape index (κ2) is 5.84. The molecule has 26 heavy (non-hydrogen) atoms. The lowest BCUT2D eigenvalue weighted by molar-refractivity contribution is -0.145. The van der Waals surface area contributed by atoms with Crippen LogP contribution in [0.1, 0.15) is 62.1 Å². The van der Waals surface area contributed by atoms with Gasteiger partial charge in [-0.05, 0) is 88.0 Å². The lowest BCUT2D eigenvalue weighted by Crippen LogP contribution is -2.57. The van der Waals surface area contributed by atoms with Gasteiger partial charge in [0.15, 0.2) is 0 Å². The zero-order valence-corrected chi connectivity index (χ0v) is 16.6. The standard InChI is InChI=1S/C24H33NO/c1-15-6-16(2)8-19(7-15)14-24(3)4-5-25(23(24)26)22-20-10-17-9-18(12-20)13-21(22)11-17/h6-8,17-18,20-22H,4-5,9-14H2,1-3H3. The summed E-state index contributed by atoms with van der Waals surface area (Å²) in [5.74, 6) is 4.02. The molecule has 5 fully saturated rings. The lowest BCUT2D eigenvalue weighted by Gasteiger charge is -2.56. The van der Waals surface area contributed by atoms with Crippen LogP contribution in [0, 0.1) is 42.9 Å². The molecule has 1 saturated heterocycles. The first-order valence-corrected chi connectivity index (χ1v) is 10.8. The van der Waals surface area contributed by atoms with Gasteiger partial charge in [-0.1, -0.05) is 36.2 Å². The first-order chi connectivity index (χ1) is 12.4. The van der Waals surface area contributed by atoms with Crippen molar-refractivity contribution in [1.29, 1.82) is 0 Å². The summed E-state index contributed by atoms with van der Waals surface area (Å²) in [7, 11) is 0. The zero-order valence-electron chi connectivity index (χ0n) is 16.6. The van der Waals surface area contributed by atoms with E-state index in [0.717, 1.165) is 43.1 Å². The third-order valence-electron chi connectivity index (χ3n) is 8.09. The van der Waals surface area contributed by atoms with E-state index in [9.17, 15) is 4.79 Å². The zero-order chi connectivity index (χ0) is 18.1. The number of carbonyl (C=O) groups is 1. The molecule has 4 bridgehead atoms. The van der Waals surface area contributed by atoms with E-state index in [1.807, 2.05) is 0 Å². The number of hydrogen-bond donors (Lipinski definition) is 0. The number of nitrogens with zero attached hydrogens (tertiary/aromatic N) is 1. The molecule has 5 aliphatic rings. The van der Waals surface area contributed by atoms with E-state index < -0.39 is 0 Å². The Morgan fingerprint density at radius 2 is 1.54 bits per heavy atom. The lowest BCUT2D eigenvalue weighted by atomic mass is 9.54. The second-order valence-corrected chi connectivity index (χ2v) is 10.4. The maximum Gasteiger partial charge on any atom is 0.229 e. The summed E-state index contributed by atoms with van der Waals surface area (Å²) < 4.78 is 0. The Hall–Kier alpha value is -1.31. The Morgan fingerprint density at radius 3 is 2.12 bits per heavy atom. The number of carbonyl (C=O) groups excluding carboxylic acids is 1. The van der Waals surface area contributed by atoms with Crippen molar-refractivity contribution in [3.63, 3.8) is 0 Å². The summed E-state index contributed by atoms with van der Waals surface area (Å²) in [4.78, 5) is 15.9. The molecule has 4 aliphatic carbocycles. The third kappa shape index (κ3) is 2.63. The predicted octanol–water partition coefficient (Wildman–Crippen LogP) is 4.91. The van der Waals surface area contributed by atoms with Gasteiger partial charge in [-0.25, -0.2) is 0 Å². The molecule has 2 heteroatoms. The van der Waals surface area contributed by atoms with Crippen LogP contribution < -0.4 is 0 Å². The summed E-state index contributed by atoms with van der Waals surface area (Å²) in [6, 6.07) is 7.34. The highest BCUT2D eigenvalue weighted by molar-refractivity contribution is 5.85. The van der Waals surface area contributed by atoms with Gasteiger partial charge in [0, 0.05) is 12.6 Å². The Labute approximate surface area is 158 Å². The fourth-order valence-corrected chi connectivity index (χ4v) is 7.40. The topological polar surface area (TPSA) is 20.3 Å². The number of rotatable bonds is 3. The second-order valence-electron chi connectivity index (χ2n) is 10.4. The van der Waals surface area contributed by atoms with Crippen LogP contribution in [0.15, 0.2) is 18.2 Å². The molecule has 0 radical (unpaired) electrons. The summed E-state index contributed by atoms with van der Waals surface area (Å²) in [6.45, 7) is 7.54. The van der Waals surface area contributed by atoms with E-state index in [1.165, 1.54) is 48.8 Å². The van der Waals surface area contributed by atoms with E-state index in [0.29, 0.717) is 11.9 Å². The minimum absolute atomic E-state index is 0.200. The van der Waals surface area contributed by atoms with Crippen LogP contribution >= 0.6 is 0 Å².